The van der Waals surface area contributed by atoms with Gasteiger partial charge in [-0.1, -0.05) is 24.3 Å². The number of amides is 1. The van der Waals surface area contributed by atoms with E-state index < -0.39 is 10.0 Å². The highest BCUT2D eigenvalue weighted by Crippen LogP contribution is 2.19. The van der Waals surface area contributed by atoms with E-state index in [2.05, 4.69) is 0 Å². The van der Waals surface area contributed by atoms with Crippen LogP contribution in [0.2, 0.25) is 0 Å². The second kappa shape index (κ2) is 10.1. The Balaban J connectivity index is 1.53. The molecular formula is C22H28N2O5S. The van der Waals surface area contributed by atoms with Crippen molar-refractivity contribution >= 4 is 15.9 Å². The molecule has 0 N–H and O–H groups in total. The maximum atomic E-state index is 12.7. The molecule has 1 amide bonds. The molecule has 8 heteroatoms. The number of methoxy groups -OCH3 is 1. The predicted molar refractivity (Wildman–Crippen MR) is 114 cm³/mol. The molecule has 0 aromatic heterocycles. The highest BCUT2D eigenvalue weighted by atomic mass is 32.2. The monoisotopic (exact) mass is 432 g/mol. The molecule has 1 saturated heterocycles. The smallest absolute Gasteiger partial charge is 0.243 e. The highest BCUT2D eigenvalue weighted by Gasteiger charge is 2.26. The van der Waals surface area contributed by atoms with Gasteiger partial charge >= 0.3 is 0 Å². The van der Waals surface area contributed by atoms with Gasteiger partial charge in [0.15, 0.2) is 0 Å². The Bertz CT molecular complexity index is 936. The lowest BCUT2D eigenvalue weighted by Gasteiger charge is -2.26. The van der Waals surface area contributed by atoms with E-state index in [1.54, 1.807) is 43.3 Å². The van der Waals surface area contributed by atoms with Gasteiger partial charge in [-0.25, -0.2) is 8.42 Å². The van der Waals surface area contributed by atoms with Crippen molar-refractivity contribution in [3.8, 4) is 5.75 Å². The second-order valence-electron chi connectivity index (χ2n) is 7.26. The summed E-state index contributed by atoms with van der Waals surface area (Å²) >= 11 is 0. The maximum Gasteiger partial charge on any atom is 0.243 e. The molecule has 1 heterocycles. The van der Waals surface area contributed by atoms with Crippen LogP contribution in [0.4, 0.5) is 0 Å². The molecule has 7 nitrogen and oxygen atoms in total. The normalized spacial score (nSPS) is 15.0. The van der Waals surface area contributed by atoms with Crippen molar-refractivity contribution < 1.29 is 22.7 Å². The number of carbonyl (C=O) groups is 1. The van der Waals surface area contributed by atoms with Crippen LogP contribution in [0, 0.1) is 0 Å². The summed E-state index contributed by atoms with van der Waals surface area (Å²) in [7, 11) is -0.0914. The topological polar surface area (TPSA) is 76.2 Å². The van der Waals surface area contributed by atoms with Crippen molar-refractivity contribution in [3.05, 3.63) is 59.7 Å². The van der Waals surface area contributed by atoms with E-state index in [1.807, 2.05) is 24.3 Å². The number of nitrogens with zero attached hydrogens (tertiary/aromatic N) is 2. The number of hydrogen-bond donors (Lipinski definition) is 0. The maximum absolute atomic E-state index is 12.7. The molecule has 0 spiro atoms. The lowest BCUT2D eigenvalue weighted by Crippen LogP contribution is -2.40. The SMILES string of the molecule is COc1ccc(CN(C)C(=O)CCc2ccc(S(=O)(=O)N3CCOCC3)cc2)cc1. The minimum absolute atomic E-state index is 0.0378. The summed E-state index contributed by atoms with van der Waals surface area (Å²) in [6.07, 6.45) is 0.923. The molecule has 1 aliphatic rings. The van der Waals surface area contributed by atoms with Gasteiger partial charge in [0.25, 0.3) is 0 Å². The lowest BCUT2D eigenvalue weighted by molar-refractivity contribution is -0.130. The summed E-state index contributed by atoms with van der Waals surface area (Å²) in [6.45, 7) is 2.12. The molecule has 2 aromatic rings. The van der Waals surface area contributed by atoms with Crippen LogP contribution in [-0.4, -0.2) is 64.0 Å². The number of carbonyl (C=O) groups excluding carboxylic acids is 1. The average molecular weight is 433 g/mol. The summed E-state index contributed by atoms with van der Waals surface area (Å²) in [6, 6.07) is 14.4. The van der Waals surface area contributed by atoms with Gasteiger partial charge in [-0.05, 0) is 41.8 Å². The molecule has 0 bridgehead atoms. The third-order valence-electron chi connectivity index (χ3n) is 5.16. The number of rotatable bonds is 8. The Hall–Kier alpha value is -2.42. The van der Waals surface area contributed by atoms with E-state index >= 15 is 0 Å². The zero-order chi connectivity index (χ0) is 21.6. The first-order chi connectivity index (χ1) is 14.4. The van der Waals surface area contributed by atoms with Crippen LogP contribution in [0.25, 0.3) is 0 Å². The first-order valence-electron chi connectivity index (χ1n) is 9.94. The number of hydrogen-bond acceptors (Lipinski definition) is 5. The van der Waals surface area contributed by atoms with Gasteiger partial charge in [-0.15, -0.1) is 0 Å². The van der Waals surface area contributed by atoms with E-state index in [-0.39, 0.29) is 10.8 Å². The fraction of sp³-hybridized carbons (Fsp3) is 0.409. The van der Waals surface area contributed by atoms with Crippen LogP contribution >= 0.6 is 0 Å². The molecule has 2 aromatic carbocycles. The molecule has 0 saturated carbocycles. The summed E-state index contributed by atoms with van der Waals surface area (Å²) < 4.78 is 37.2. The predicted octanol–water partition coefficient (Wildman–Crippen LogP) is 2.31. The van der Waals surface area contributed by atoms with Gasteiger partial charge in [0, 0.05) is 33.1 Å². The molecule has 0 aliphatic carbocycles. The number of morpholine rings is 1. The molecule has 0 unspecified atom stereocenters. The Labute approximate surface area is 178 Å². The van der Waals surface area contributed by atoms with Crippen molar-refractivity contribution in [1.29, 1.82) is 0 Å². The van der Waals surface area contributed by atoms with Crippen LogP contribution < -0.4 is 4.74 Å². The molecule has 30 heavy (non-hydrogen) atoms. The zero-order valence-corrected chi connectivity index (χ0v) is 18.2. The third-order valence-corrected chi connectivity index (χ3v) is 7.08. The van der Waals surface area contributed by atoms with Crippen molar-refractivity contribution in [2.75, 3.05) is 40.5 Å². The first-order valence-corrected chi connectivity index (χ1v) is 11.4. The summed E-state index contributed by atoms with van der Waals surface area (Å²) in [4.78, 5) is 14.4. The average Bonchev–Trinajstić information content (AvgIpc) is 2.78. The Kier molecular flexibility index (Phi) is 7.47. The molecule has 0 atom stereocenters. The molecule has 162 valence electrons. The minimum atomic E-state index is -3.49. The minimum Gasteiger partial charge on any atom is -0.497 e. The quantitative estimate of drug-likeness (QED) is 0.640. The number of ether oxygens (including phenoxy) is 2. The fourth-order valence-corrected chi connectivity index (χ4v) is 4.71. The molecule has 3 rings (SSSR count). The number of aryl methyl sites for hydroxylation is 1. The Morgan fingerprint density at radius 2 is 1.63 bits per heavy atom. The van der Waals surface area contributed by atoms with Crippen LogP contribution in [0.1, 0.15) is 17.5 Å². The first kappa shape index (κ1) is 22.3. The van der Waals surface area contributed by atoms with Gasteiger partial charge in [0.1, 0.15) is 5.75 Å². The van der Waals surface area contributed by atoms with Gasteiger partial charge in [0.05, 0.1) is 25.2 Å². The van der Waals surface area contributed by atoms with Gasteiger partial charge in [0.2, 0.25) is 15.9 Å². The Morgan fingerprint density at radius 3 is 2.23 bits per heavy atom. The van der Waals surface area contributed by atoms with Crippen molar-refractivity contribution in [3.63, 3.8) is 0 Å². The van der Waals surface area contributed by atoms with Crippen LogP contribution in [-0.2, 0) is 32.5 Å². The van der Waals surface area contributed by atoms with Gasteiger partial charge < -0.3 is 14.4 Å². The highest BCUT2D eigenvalue weighted by molar-refractivity contribution is 7.89. The van der Waals surface area contributed by atoms with E-state index in [4.69, 9.17) is 9.47 Å². The largest absolute Gasteiger partial charge is 0.497 e. The Morgan fingerprint density at radius 1 is 1.03 bits per heavy atom. The van der Waals surface area contributed by atoms with Crippen LogP contribution in [0.15, 0.2) is 53.4 Å². The van der Waals surface area contributed by atoms with E-state index in [0.29, 0.717) is 45.7 Å². The number of sulfonamides is 1. The van der Waals surface area contributed by atoms with Gasteiger partial charge in [-0.3, -0.25) is 4.79 Å². The van der Waals surface area contributed by atoms with E-state index in [9.17, 15) is 13.2 Å². The summed E-state index contributed by atoms with van der Waals surface area (Å²) in [5.41, 5.74) is 1.96. The molecule has 0 radical (unpaired) electrons. The standard InChI is InChI=1S/C22H28N2O5S/c1-23(17-19-3-8-20(28-2)9-4-19)22(25)12-7-18-5-10-21(11-6-18)30(26,27)24-13-15-29-16-14-24/h3-6,8-11H,7,12-17H2,1-2H3. The van der Waals surface area contributed by atoms with Gasteiger partial charge in [-0.2, -0.15) is 4.31 Å². The fourth-order valence-electron chi connectivity index (χ4n) is 3.30. The summed E-state index contributed by atoms with van der Waals surface area (Å²) in [5, 5.41) is 0. The number of benzene rings is 2. The third kappa shape index (κ3) is 5.59. The van der Waals surface area contributed by atoms with Crippen molar-refractivity contribution in [2.24, 2.45) is 0 Å². The van der Waals surface area contributed by atoms with Crippen molar-refractivity contribution in [2.45, 2.75) is 24.3 Å². The van der Waals surface area contributed by atoms with E-state index in [0.717, 1.165) is 16.9 Å². The summed E-state index contributed by atoms with van der Waals surface area (Å²) in [5.74, 6) is 0.822. The molecule has 1 fully saturated rings. The lowest BCUT2D eigenvalue weighted by atomic mass is 10.1. The molecular weight excluding hydrogens is 404 g/mol. The molecule has 1 aliphatic heterocycles. The zero-order valence-electron chi connectivity index (χ0n) is 17.4. The van der Waals surface area contributed by atoms with Crippen molar-refractivity contribution in [1.82, 2.24) is 9.21 Å². The van der Waals surface area contributed by atoms with Crippen LogP contribution in [0.3, 0.4) is 0 Å². The van der Waals surface area contributed by atoms with Crippen LogP contribution in [0.5, 0.6) is 5.75 Å². The van der Waals surface area contributed by atoms with E-state index in [1.165, 1.54) is 4.31 Å². The second-order valence-corrected chi connectivity index (χ2v) is 9.20.